The Hall–Kier alpha value is -1.62. The molecule has 2 aromatic rings. The fourth-order valence-corrected chi connectivity index (χ4v) is 2.14. The highest BCUT2D eigenvalue weighted by Gasteiger charge is 2.12. The summed E-state index contributed by atoms with van der Waals surface area (Å²) in [6.45, 7) is 6.03. The van der Waals surface area contributed by atoms with Gasteiger partial charge in [0.05, 0.1) is 5.56 Å². The molecule has 0 unspecified atom stereocenters. The summed E-state index contributed by atoms with van der Waals surface area (Å²) in [6.07, 6.45) is 1.85. The summed E-state index contributed by atoms with van der Waals surface area (Å²) < 4.78 is 2.62. The summed E-state index contributed by atoms with van der Waals surface area (Å²) in [5, 5.41) is 7.10. The molecule has 19 heavy (non-hydrogen) atoms. The molecular formula is C14H16BrN3O. The zero-order valence-electron chi connectivity index (χ0n) is 11.1. The first-order valence-corrected chi connectivity index (χ1v) is 6.90. The number of aromatic nitrogens is 2. The van der Waals surface area contributed by atoms with Crippen molar-refractivity contribution in [3.63, 3.8) is 0 Å². The molecule has 1 heterocycles. The highest BCUT2D eigenvalue weighted by molar-refractivity contribution is 9.10. The van der Waals surface area contributed by atoms with Crippen LogP contribution in [0, 0.1) is 6.92 Å². The molecule has 1 amide bonds. The maximum Gasteiger partial charge on any atom is 0.258 e. The zero-order valence-corrected chi connectivity index (χ0v) is 12.7. The number of carbonyl (C=O) groups is 1. The van der Waals surface area contributed by atoms with Crippen LogP contribution in [0.4, 0.5) is 5.82 Å². The van der Waals surface area contributed by atoms with E-state index in [1.165, 1.54) is 0 Å². The number of carbonyl (C=O) groups excluding carboxylic acids is 1. The van der Waals surface area contributed by atoms with Crippen LogP contribution in [-0.4, -0.2) is 15.7 Å². The summed E-state index contributed by atoms with van der Waals surface area (Å²) in [5.41, 5.74) is 1.64. The first-order valence-electron chi connectivity index (χ1n) is 6.10. The summed E-state index contributed by atoms with van der Waals surface area (Å²) in [4.78, 5) is 12.2. The van der Waals surface area contributed by atoms with Gasteiger partial charge in [-0.15, -0.1) is 0 Å². The second-order valence-corrected chi connectivity index (χ2v) is 5.46. The maximum atomic E-state index is 12.2. The molecule has 0 radical (unpaired) electrons. The lowest BCUT2D eigenvalue weighted by atomic mass is 10.1. The zero-order chi connectivity index (χ0) is 14.0. The monoisotopic (exact) mass is 321 g/mol. The summed E-state index contributed by atoms with van der Waals surface area (Å²) >= 11 is 3.44. The summed E-state index contributed by atoms with van der Waals surface area (Å²) in [6, 6.07) is 7.67. The van der Waals surface area contributed by atoms with Crippen LogP contribution in [0.1, 0.15) is 35.8 Å². The number of rotatable bonds is 3. The number of anilines is 1. The molecule has 0 fully saturated rings. The van der Waals surface area contributed by atoms with Crippen LogP contribution in [0.25, 0.3) is 0 Å². The molecule has 1 aromatic carbocycles. The third-order valence-electron chi connectivity index (χ3n) is 2.82. The molecule has 0 saturated carbocycles. The molecule has 4 nitrogen and oxygen atoms in total. The van der Waals surface area contributed by atoms with Crippen molar-refractivity contribution in [2.75, 3.05) is 5.32 Å². The Balaban J connectivity index is 2.18. The van der Waals surface area contributed by atoms with Gasteiger partial charge in [-0.1, -0.05) is 12.1 Å². The van der Waals surface area contributed by atoms with Crippen LogP contribution < -0.4 is 5.32 Å². The van der Waals surface area contributed by atoms with Crippen molar-refractivity contribution >= 4 is 27.7 Å². The topological polar surface area (TPSA) is 46.9 Å². The van der Waals surface area contributed by atoms with Crippen molar-refractivity contribution in [1.29, 1.82) is 0 Å². The Labute approximate surface area is 120 Å². The van der Waals surface area contributed by atoms with E-state index in [0.29, 0.717) is 11.4 Å². The van der Waals surface area contributed by atoms with Gasteiger partial charge >= 0.3 is 0 Å². The van der Waals surface area contributed by atoms with Crippen LogP contribution in [0.15, 0.2) is 34.9 Å². The van der Waals surface area contributed by atoms with Crippen molar-refractivity contribution in [2.24, 2.45) is 0 Å². The SMILES string of the molecule is Cc1cccc(C(=O)Nc2ccn(C(C)C)n2)c1Br. The van der Waals surface area contributed by atoms with E-state index in [1.807, 2.05) is 39.1 Å². The molecule has 5 heteroatoms. The van der Waals surface area contributed by atoms with E-state index in [4.69, 9.17) is 0 Å². The van der Waals surface area contributed by atoms with Gasteiger partial charge in [0.2, 0.25) is 0 Å². The fraction of sp³-hybridized carbons (Fsp3) is 0.286. The number of halogens is 1. The lowest BCUT2D eigenvalue weighted by Crippen LogP contribution is -2.14. The van der Waals surface area contributed by atoms with Gasteiger partial charge in [0.25, 0.3) is 5.91 Å². The minimum atomic E-state index is -0.162. The molecular weight excluding hydrogens is 306 g/mol. The number of nitrogens with zero attached hydrogens (tertiary/aromatic N) is 2. The van der Waals surface area contributed by atoms with Gasteiger partial charge in [0, 0.05) is 22.8 Å². The van der Waals surface area contributed by atoms with Crippen molar-refractivity contribution in [2.45, 2.75) is 26.8 Å². The van der Waals surface area contributed by atoms with Gasteiger partial charge in [-0.05, 0) is 48.3 Å². The summed E-state index contributed by atoms with van der Waals surface area (Å²) in [5.74, 6) is 0.400. The molecule has 0 aliphatic rings. The molecule has 0 aliphatic heterocycles. The quantitative estimate of drug-likeness (QED) is 0.934. The standard InChI is InChI=1S/C14H16BrN3O/c1-9(2)18-8-7-12(17-18)16-14(19)11-6-4-5-10(3)13(11)15/h4-9H,1-3H3,(H,16,17,19). The van der Waals surface area contributed by atoms with Crippen molar-refractivity contribution < 1.29 is 4.79 Å². The van der Waals surface area contributed by atoms with Crippen LogP contribution >= 0.6 is 15.9 Å². The van der Waals surface area contributed by atoms with Crippen LogP contribution in [0.3, 0.4) is 0 Å². The van der Waals surface area contributed by atoms with E-state index >= 15 is 0 Å². The van der Waals surface area contributed by atoms with Crippen LogP contribution in [0.5, 0.6) is 0 Å². The Kier molecular flexibility index (Phi) is 4.04. The lowest BCUT2D eigenvalue weighted by Gasteiger charge is -2.07. The normalized spacial score (nSPS) is 10.8. The second-order valence-electron chi connectivity index (χ2n) is 4.67. The first-order chi connectivity index (χ1) is 8.99. The molecule has 0 aliphatic carbocycles. The molecule has 0 bridgehead atoms. The number of hydrogen-bond acceptors (Lipinski definition) is 2. The number of aryl methyl sites for hydroxylation is 1. The fourth-order valence-electron chi connectivity index (χ4n) is 1.70. The number of benzene rings is 1. The Morgan fingerprint density at radius 1 is 1.37 bits per heavy atom. The minimum Gasteiger partial charge on any atom is -0.305 e. The predicted octanol–water partition coefficient (Wildman–Crippen LogP) is 3.79. The molecule has 100 valence electrons. The van der Waals surface area contributed by atoms with E-state index in [9.17, 15) is 4.79 Å². The van der Waals surface area contributed by atoms with E-state index in [2.05, 4.69) is 26.3 Å². The van der Waals surface area contributed by atoms with Gasteiger partial charge in [0.15, 0.2) is 5.82 Å². The minimum absolute atomic E-state index is 0.162. The van der Waals surface area contributed by atoms with Crippen molar-refractivity contribution in [3.8, 4) is 0 Å². The second kappa shape index (κ2) is 5.57. The van der Waals surface area contributed by atoms with Crippen molar-refractivity contribution in [1.82, 2.24) is 9.78 Å². The van der Waals surface area contributed by atoms with Gasteiger partial charge in [-0.3, -0.25) is 9.48 Å². The highest BCUT2D eigenvalue weighted by atomic mass is 79.9. The van der Waals surface area contributed by atoms with Gasteiger partial charge in [-0.25, -0.2) is 0 Å². The third-order valence-corrected chi connectivity index (χ3v) is 3.87. The summed E-state index contributed by atoms with van der Waals surface area (Å²) in [7, 11) is 0. The first kappa shape index (κ1) is 13.8. The Bertz CT molecular complexity index is 604. The molecule has 0 atom stereocenters. The molecule has 1 aromatic heterocycles. The molecule has 0 saturated heterocycles. The van der Waals surface area contributed by atoms with Crippen LogP contribution in [0.2, 0.25) is 0 Å². The third kappa shape index (κ3) is 3.04. The van der Waals surface area contributed by atoms with Crippen molar-refractivity contribution in [3.05, 3.63) is 46.1 Å². The van der Waals surface area contributed by atoms with Gasteiger partial charge in [-0.2, -0.15) is 5.10 Å². The van der Waals surface area contributed by atoms with E-state index in [0.717, 1.165) is 10.0 Å². The molecule has 1 N–H and O–H groups in total. The average molecular weight is 322 g/mol. The molecule has 2 rings (SSSR count). The Morgan fingerprint density at radius 2 is 2.11 bits per heavy atom. The average Bonchev–Trinajstić information content (AvgIpc) is 2.81. The maximum absolute atomic E-state index is 12.2. The Morgan fingerprint density at radius 3 is 2.74 bits per heavy atom. The largest absolute Gasteiger partial charge is 0.305 e. The van der Waals surface area contributed by atoms with E-state index < -0.39 is 0 Å². The van der Waals surface area contributed by atoms with Gasteiger partial charge in [0.1, 0.15) is 0 Å². The lowest BCUT2D eigenvalue weighted by molar-refractivity contribution is 0.102. The number of hydrogen-bond donors (Lipinski definition) is 1. The smallest absolute Gasteiger partial charge is 0.258 e. The van der Waals surface area contributed by atoms with Crippen LogP contribution in [-0.2, 0) is 0 Å². The van der Waals surface area contributed by atoms with Gasteiger partial charge < -0.3 is 5.32 Å². The van der Waals surface area contributed by atoms with E-state index in [-0.39, 0.29) is 11.9 Å². The molecule has 0 spiro atoms. The predicted molar refractivity (Wildman–Crippen MR) is 79.4 cm³/mol. The number of amides is 1. The van der Waals surface area contributed by atoms with E-state index in [1.54, 1.807) is 16.8 Å². The number of nitrogens with one attached hydrogen (secondary N) is 1. The highest BCUT2D eigenvalue weighted by Crippen LogP contribution is 2.22.